The Labute approximate surface area is 118 Å². The second kappa shape index (κ2) is 4.91. The van der Waals surface area contributed by atoms with Gasteiger partial charge in [-0.1, -0.05) is 0 Å². The van der Waals surface area contributed by atoms with E-state index >= 15 is 0 Å². The number of hydrogen-bond donors (Lipinski definition) is 2. The van der Waals surface area contributed by atoms with Gasteiger partial charge in [0, 0.05) is 11.4 Å². The molecule has 3 N–H and O–H groups in total. The van der Waals surface area contributed by atoms with Gasteiger partial charge in [0.05, 0.1) is 3.79 Å². The number of benzene rings is 1. The van der Waals surface area contributed by atoms with Gasteiger partial charge in [-0.3, -0.25) is 4.72 Å². The fourth-order valence-electron chi connectivity index (χ4n) is 1.39. The van der Waals surface area contributed by atoms with Gasteiger partial charge in [-0.15, -0.1) is 11.3 Å². The van der Waals surface area contributed by atoms with E-state index < -0.39 is 10.0 Å². The fraction of sp³-hybridized carbons (Fsp3) is 0.0909. The zero-order chi connectivity index (χ0) is 13.3. The van der Waals surface area contributed by atoms with Gasteiger partial charge >= 0.3 is 0 Å². The number of anilines is 2. The van der Waals surface area contributed by atoms with Gasteiger partial charge in [0.25, 0.3) is 10.0 Å². The highest BCUT2D eigenvalue weighted by atomic mass is 79.9. The van der Waals surface area contributed by atoms with Crippen LogP contribution in [0.3, 0.4) is 0 Å². The lowest BCUT2D eigenvalue weighted by Gasteiger charge is -2.08. The fourth-order valence-corrected chi connectivity index (χ4v) is 4.45. The van der Waals surface area contributed by atoms with Crippen LogP contribution in [0.1, 0.15) is 5.56 Å². The molecule has 7 heteroatoms. The van der Waals surface area contributed by atoms with Crippen LogP contribution in [0.2, 0.25) is 0 Å². The minimum absolute atomic E-state index is 0.267. The Bertz CT molecular complexity index is 680. The highest BCUT2D eigenvalue weighted by molar-refractivity contribution is 9.11. The van der Waals surface area contributed by atoms with Gasteiger partial charge in [0.1, 0.15) is 4.21 Å². The SMILES string of the molecule is Cc1cc(NS(=O)(=O)c2ccc(Br)s2)ccc1N. The first-order valence-corrected chi connectivity index (χ1v) is 8.12. The maximum Gasteiger partial charge on any atom is 0.271 e. The molecule has 0 aliphatic heterocycles. The molecule has 0 atom stereocenters. The quantitative estimate of drug-likeness (QED) is 0.838. The lowest BCUT2D eigenvalue weighted by atomic mass is 10.2. The van der Waals surface area contributed by atoms with Crippen LogP contribution in [0.5, 0.6) is 0 Å². The van der Waals surface area contributed by atoms with E-state index in [1.54, 1.807) is 30.3 Å². The summed E-state index contributed by atoms with van der Waals surface area (Å²) in [5, 5.41) is 0. The molecule has 0 spiro atoms. The normalized spacial score (nSPS) is 11.4. The molecule has 0 bridgehead atoms. The molecule has 0 aliphatic carbocycles. The van der Waals surface area contributed by atoms with E-state index in [1.165, 1.54) is 0 Å². The molecule has 0 fully saturated rings. The Balaban J connectivity index is 2.30. The first-order valence-electron chi connectivity index (χ1n) is 5.03. The second-order valence-corrected chi connectivity index (χ2v) is 8.11. The maximum atomic E-state index is 12.1. The number of nitrogens with two attached hydrogens (primary N) is 1. The number of halogens is 1. The molecule has 96 valence electrons. The predicted octanol–water partition coefficient (Wildman–Crippen LogP) is 3.20. The van der Waals surface area contributed by atoms with Crippen molar-refractivity contribution < 1.29 is 8.42 Å². The monoisotopic (exact) mass is 346 g/mol. The Hall–Kier alpha value is -1.05. The van der Waals surface area contributed by atoms with E-state index in [-0.39, 0.29) is 4.21 Å². The van der Waals surface area contributed by atoms with Crippen molar-refractivity contribution in [3.05, 3.63) is 39.7 Å². The topological polar surface area (TPSA) is 72.2 Å². The molecule has 2 aromatic rings. The molecule has 0 saturated carbocycles. The molecule has 0 amide bonds. The molecule has 1 aromatic heterocycles. The summed E-state index contributed by atoms with van der Waals surface area (Å²) in [6, 6.07) is 8.28. The Kier molecular flexibility index (Phi) is 3.65. The van der Waals surface area contributed by atoms with Crippen molar-refractivity contribution in [2.24, 2.45) is 0 Å². The van der Waals surface area contributed by atoms with Crippen molar-refractivity contribution in [1.29, 1.82) is 0 Å². The minimum atomic E-state index is -3.52. The number of nitrogen functional groups attached to an aromatic ring is 1. The lowest BCUT2D eigenvalue weighted by molar-refractivity contribution is 0.603. The van der Waals surface area contributed by atoms with Crippen LogP contribution < -0.4 is 10.5 Å². The number of thiophene rings is 1. The van der Waals surface area contributed by atoms with Crippen molar-refractivity contribution in [1.82, 2.24) is 0 Å². The standard InChI is InChI=1S/C11H11BrN2O2S2/c1-7-6-8(2-3-9(7)13)14-18(15,16)11-5-4-10(12)17-11/h2-6,14H,13H2,1H3. The van der Waals surface area contributed by atoms with Crippen LogP contribution in [-0.4, -0.2) is 8.42 Å². The van der Waals surface area contributed by atoms with E-state index in [0.29, 0.717) is 11.4 Å². The smallest absolute Gasteiger partial charge is 0.271 e. The summed E-state index contributed by atoms with van der Waals surface area (Å²) in [4.78, 5) is 0. The number of rotatable bonds is 3. The van der Waals surface area contributed by atoms with Crippen LogP contribution >= 0.6 is 27.3 Å². The van der Waals surface area contributed by atoms with Gasteiger partial charge in [0.15, 0.2) is 0 Å². The summed E-state index contributed by atoms with van der Waals surface area (Å²) in [7, 11) is -3.52. The molecular weight excluding hydrogens is 336 g/mol. The third kappa shape index (κ3) is 2.85. The van der Waals surface area contributed by atoms with E-state index in [4.69, 9.17) is 5.73 Å². The zero-order valence-corrected chi connectivity index (χ0v) is 12.7. The minimum Gasteiger partial charge on any atom is -0.399 e. The summed E-state index contributed by atoms with van der Waals surface area (Å²) >= 11 is 4.40. The maximum absolute atomic E-state index is 12.1. The zero-order valence-electron chi connectivity index (χ0n) is 9.48. The van der Waals surface area contributed by atoms with E-state index in [9.17, 15) is 8.42 Å². The molecule has 0 radical (unpaired) electrons. The van der Waals surface area contributed by atoms with Gasteiger partial charge in [-0.2, -0.15) is 0 Å². The molecule has 0 aliphatic rings. The van der Waals surface area contributed by atoms with Gasteiger partial charge < -0.3 is 5.73 Å². The lowest BCUT2D eigenvalue weighted by Crippen LogP contribution is -2.11. The number of sulfonamides is 1. The summed E-state index contributed by atoms with van der Waals surface area (Å²) in [5.41, 5.74) is 7.66. The average molecular weight is 347 g/mol. The molecule has 0 saturated heterocycles. The Morgan fingerprint density at radius 2 is 2.00 bits per heavy atom. The van der Waals surface area contributed by atoms with E-state index in [0.717, 1.165) is 20.7 Å². The van der Waals surface area contributed by atoms with Crippen LogP contribution in [0, 0.1) is 6.92 Å². The van der Waals surface area contributed by atoms with E-state index in [1.807, 2.05) is 6.92 Å². The van der Waals surface area contributed by atoms with Gasteiger partial charge in [-0.05, 0) is 58.7 Å². The number of aryl methyl sites for hydroxylation is 1. The van der Waals surface area contributed by atoms with Crippen molar-refractivity contribution >= 4 is 48.7 Å². The van der Waals surface area contributed by atoms with Crippen molar-refractivity contribution in [2.75, 3.05) is 10.5 Å². The second-order valence-electron chi connectivity index (χ2n) is 3.74. The van der Waals surface area contributed by atoms with Gasteiger partial charge in [0.2, 0.25) is 0 Å². The highest BCUT2D eigenvalue weighted by Gasteiger charge is 2.16. The molecule has 0 unspecified atom stereocenters. The molecule has 18 heavy (non-hydrogen) atoms. The van der Waals surface area contributed by atoms with E-state index in [2.05, 4.69) is 20.7 Å². The third-order valence-electron chi connectivity index (χ3n) is 2.34. The van der Waals surface area contributed by atoms with Crippen LogP contribution in [0.15, 0.2) is 38.3 Å². The van der Waals surface area contributed by atoms with Crippen molar-refractivity contribution in [3.8, 4) is 0 Å². The van der Waals surface area contributed by atoms with Crippen LogP contribution in [-0.2, 0) is 10.0 Å². The van der Waals surface area contributed by atoms with Crippen LogP contribution in [0.25, 0.3) is 0 Å². The summed E-state index contributed by atoms with van der Waals surface area (Å²) < 4.78 is 27.7. The largest absolute Gasteiger partial charge is 0.399 e. The molecular formula is C11H11BrN2O2S2. The van der Waals surface area contributed by atoms with Gasteiger partial charge in [-0.25, -0.2) is 8.42 Å². The molecule has 1 heterocycles. The number of hydrogen-bond acceptors (Lipinski definition) is 4. The first kappa shape index (κ1) is 13.4. The molecule has 4 nitrogen and oxygen atoms in total. The average Bonchev–Trinajstić information content (AvgIpc) is 2.71. The summed E-state index contributed by atoms with van der Waals surface area (Å²) in [6.07, 6.45) is 0. The molecule has 1 aromatic carbocycles. The van der Waals surface area contributed by atoms with Crippen LogP contribution in [0.4, 0.5) is 11.4 Å². The van der Waals surface area contributed by atoms with Crippen molar-refractivity contribution in [3.63, 3.8) is 0 Å². The third-order valence-corrected chi connectivity index (χ3v) is 5.83. The number of nitrogens with one attached hydrogen (secondary N) is 1. The summed E-state index contributed by atoms with van der Waals surface area (Å²) in [6.45, 7) is 1.83. The molecule has 2 rings (SSSR count). The summed E-state index contributed by atoms with van der Waals surface area (Å²) in [5.74, 6) is 0. The highest BCUT2D eigenvalue weighted by Crippen LogP contribution is 2.28. The first-order chi connectivity index (χ1) is 8.38. The Morgan fingerprint density at radius 3 is 2.56 bits per heavy atom. The Morgan fingerprint density at radius 1 is 1.28 bits per heavy atom. The predicted molar refractivity (Wildman–Crippen MR) is 78.4 cm³/mol. The van der Waals surface area contributed by atoms with Crippen molar-refractivity contribution in [2.45, 2.75) is 11.1 Å².